The van der Waals surface area contributed by atoms with E-state index in [0.717, 1.165) is 56.1 Å². The van der Waals surface area contributed by atoms with Gasteiger partial charge in [-0.1, -0.05) is 12.1 Å². The highest BCUT2D eigenvalue weighted by atomic mass is 127. The predicted octanol–water partition coefficient (Wildman–Crippen LogP) is 3.17. The van der Waals surface area contributed by atoms with E-state index >= 15 is 0 Å². The van der Waals surface area contributed by atoms with Gasteiger partial charge in [-0.3, -0.25) is 9.59 Å². The molecule has 0 saturated carbocycles. The Balaban J connectivity index is 0.00000320. The molecular weight excluding hydrogens is 495 g/mol. The van der Waals surface area contributed by atoms with Gasteiger partial charge in [0.05, 0.1) is 19.1 Å². The SMILES string of the molecule is CCNC(=NCc1ccc(N2CCCC2=O)cc1)N1CCCC(C(=O)OCC)C1.I. The first-order valence-electron chi connectivity index (χ1n) is 10.7. The van der Waals surface area contributed by atoms with Crippen LogP contribution in [0.2, 0.25) is 0 Å². The molecular formula is C22H33IN4O3. The van der Waals surface area contributed by atoms with E-state index < -0.39 is 0 Å². The van der Waals surface area contributed by atoms with Crippen LogP contribution in [0, 0.1) is 5.92 Å². The highest BCUT2D eigenvalue weighted by Gasteiger charge is 2.28. The summed E-state index contributed by atoms with van der Waals surface area (Å²) in [6.45, 7) is 7.96. The molecule has 0 spiro atoms. The zero-order chi connectivity index (χ0) is 20.6. The van der Waals surface area contributed by atoms with Crippen LogP contribution in [0.15, 0.2) is 29.3 Å². The van der Waals surface area contributed by atoms with E-state index in [0.29, 0.717) is 26.1 Å². The molecule has 1 aromatic carbocycles. The van der Waals surface area contributed by atoms with Gasteiger partial charge in [-0.25, -0.2) is 4.99 Å². The third-order valence-corrected chi connectivity index (χ3v) is 5.41. The normalized spacial score (nSPS) is 19.5. The van der Waals surface area contributed by atoms with Gasteiger partial charge in [0.2, 0.25) is 5.91 Å². The number of likely N-dealkylation sites (tertiary alicyclic amines) is 1. The topological polar surface area (TPSA) is 74.2 Å². The molecule has 30 heavy (non-hydrogen) atoms. The van der Waals surface area contributed by atoms with Crippen LogP contribution in [-0.2, 0) is 20.9 Å². The highest BCUT2D eigenvalue weighted by molar-refractivity contribution is 14.0. The number of esters is 1. The van der Waals surface area contributed by atoms with Crippen molar-refractivity contribution in [1.82, 2.24) is 10.2 Å². The minimum absolute atomic E-state index is 0. The lowest BCUT2D eigenvalue weighted by Gasteiger charge is -2.34. The molecule has 2 aliphatic rings. The van der Waals surface area contributed by atoms with Gasteiger partial charge in [0.15, 0.2) is 5.96 Å². The van der Waals surface area contributed by atoms with Gasteiger partial charge in [-0.05, 0) is 50.8 Å². The fourth-order valence-corrected chi connectivity index (χ4v) is 3.92. The van der Waals surface area contributed by atoms with Gasteiger partial charge < -0.3 is 19.9 Å². The molecule has 1 atom stereocenters. The maximum Gasteiger partial charge on any atom is 0.310 e. The van der Waals surface area contributed by atoms with Crippen LogP contribution < -0.4 is 10.2 Å². The Morgan fingerprint density at radius 3 is 2.60 bits per heavy atom. The Hall–Kier alpha value is -1.84. The second kappa shape index (κ2) is 12.1. The molecule has 0 aliphatic carbocycles. The van der Waals surface area contributed by atoms with E-state index in [1.807, 2.05) is 43.0 Å². The van der Waals surface area contributed by atoms with Crippen molar-refractivity contribution < 1.29 is 14.3 Å². The van der Waals surface area contributed by atoms with Gasteiger partial charge >= 0.3 is 5.97 Å². The van der Waals surface area contributed by atoms with Crippen molar-refractivity contribution in [3.05, 3.63) is 29.8 Å². The number of halogens is 1. The number of amides is 1. The first-order chi connectivity index (χ1) is 14.1. The minimum atomic E-state index is -0.111. The maximum absolute atomic E-state index is 12.1. The Kier molecular flexibility index (Phi) is 9.87. The highest BCUT2D eigenvalue weighted by Crippen LogP contribution is 2.22. The Morgan fingerprint density at radius 1 is 1.20 bits per heavy atom. The van der Waals surface area contributed by atoms with Crippen LogP contribution in [-0.4, -0.2) is 55.5 Å². The Labute approximate surface area is 196 Å². The number of anilines is 1. The van der Waals surface area contributed by atoms with Crippen molar-refractivity contribution in [2.24, 2.45) is 10.9 Å². The minimum Gasteiger partial charge on any atom is -0.466 e. The Bertz CT molecular complexity index is 738. The number of carbonyl (C=O) groups is 2. The van der Waals surface area contributed by atoms with Crippen LogP contribution >= 0.6 is 24.0 Å². The van der Waals surface area contributed by atoms with E-state index in [-0.39, 0.29) is 41.8 Å². The first kappa shape index (κ1) is 24.4. The number of benzene rings is 1. The summed E-state index contributed by atoms with van der Waals surface area (Å²) in [6.07, 6.45) is 3.39. The molecule has 8 heteroatoms. The van der Waals surface area contributed by atoms with Gasteiger partial charge in [-0.15, -0.1) is 24.0 Å². The number of nitrogens with zero attached hydrogens (tertiary/aromatic N) is 3. The number of ether oxygens (including phenoxy) is 1. The van der Waals surface area contributed by atoms with Gasteiger partial charge in [0.1, 0.15) is 0 Å². The quantitative estimate of drug-likeness (QED) is 0.266. The first-order valence-corrected chi connectivity index (χ1v) is 10.7. The molecule has 2 heterocycles. The number of guanidine groups is 1. The van der Waals surface area contributed by atoms with Crippen molar-refractivity contribution in [2.75, 3.05) is 37.7 Å². The predicted molar refractivity (Wildman–Crippen MR) is 129 cm³/mol. The molecule has 1 amide bonds. The average molecular weight is 528 g/mol. The molecule has 1 unspecified atom stereocenters. The van der Waals surface area contributed by atoms with Gasteiger partial charge in [-0.2, -0.15) is 0 Å². The summed E-state index contributed by atoms with van der Waals surface area (Å²) in [6, 6.07) is 8.06. The number of piperidine rings is 1. The summed E-state index contributed by atoms with van der Waals surface area (Å²) in [4.78, 5) is 32.8. The van der Waals surface area contributed by atoms with Gasteiger partial charge in [0.25, 0.3) is 0 Å². The van der Waals surface area contributed by atoms with Crippen molar-refractivity contribution in [3.8, 4) is 0 Å². The van der Waals surface area contributed by atoms with Gasteiger partial charge in [0, 0.05) is 38.3 Å². The summed E-state index contributed by atoms with van der Waals surface area (Å²) in [7, 11) is 0. The third kappa shape index (κ3) is 6.33. The number of carbonyl (C=O) groups excluding carboxylic acids is 2. The van der Waals surface area contributed by atoms with Crippen LogP contribution in [0.25, 0.3) is 0 Å². The average Bonchev–Trinajstić information content (AvgIpc) is 3.17. The molecule has 3 rings (SSSR count). The van der Waals surface area contributed by atoms with Crippen LogP contribution in [0.3, 0.4) is 0 Å². The molecule has 0 bridgehead atoms. The second-order valence-corrected chi connectivity index (χ2v) is 7.52. The molecule has 7 nitrogen and oxygen atoms in total. The Morgan fingerprint density at radius 2 is 1.97 bits per heavy atom. The smallest absolute Gasteiger partial charge is 0.310 e. The largest absolute Gasteiger partial charge is 0.466 e. The fourth-order valence-electron chi connectivity index (χ4n) is 3.92. The summed E-state index contributed by atoms with van der Waals surface area (Å²) in [5, 5.41) is 3.35. The summed E-state index contributed by atoms with van der Waals surface area (Å²) in [5.41, 5.74) is 2.05. The van der Waals surface area contributed by atoms with E-state index in [4.69, 9.17) is 9.73 Å². The number of aliphatic imine (C=N–C) groups is 1. The standard InChI is InChI=1S/C22H32N4O3.HI/c1-3-23-22(25-13-5-7-18(16-25)21(28)29-4-2)24-15-17-9-11-19(12-10-17)26-14-6-8-20(26)27;/h9-12,18H,3-8,13-16H2,1-2H3,(H,23,24);1H. The van der Waals surface area contributed by atoms with Crippen LogP contribution in [0.1, 0.15) is 45.1 Å². The molecule has 1 aromatic rings. The summed E-state index contributed by atoms with van der Waals surface area (Å²) in [5.74, 6) is 0.830. The monoisotopic (exact) mass is 528 g/mol. The van der Waals surface area contributed by atoms with E-state index in [1.165, 1.54) is 0 Å². The zero-order valence-corrected chi connectivity index (χ0v) is 20.3. The van der Waals surface area contributed by atoms with E-state index in [9.17, 15) is 9.59 Å². The number of rotatable bonds is 6. The molecule has 1 N–H and O–H groups in total. The number of hydrogen-bond donors (Lipinski definition) is 1. The zero-order valence-electron chi connectivity index (χ0n) is 17.9. The lowest BCUT2D eigenvalue weighted by molar-refractivity contribution is -0.149. The van der Waals surface area contributed by atoms with Crippen molar-refractivity contribution in [1.29, 1.82) is 0 Å². The maximum atomic E-state index is 12.1. The van der Waals surface area contributed by atoms with Crippen LogP contribution in [0.5, 0.6) is 0 Å². The van der Waals surface area contributed by atoms with Crippen molar-refractivity contribution in [2.45, 2.75) is 46.1 Å². The number of hydrogen-bond acceptors (Lipinski definition) is 4. The molecule has 2 fully saturated rings. The molecule has 2 aliphatic heterocycles. The molecule has 0 radical (unpaired) electrons. The fraction of sp³-hybridized carbons (Fsp3) is 0.591. The molecule has 0 aromatic heterocycles. The lowest BCUT2D eigenvalue weighted by atomic mass is 9.98. The molecule has 166 valence electrons. The summed E-state index contributed by atoms with van der Waals surface area (Å²) < 4.78 is 5.21. The van der Waals surface area contributed by atoms with Crippen molar-refractivity contribution in [3.63, 3.8) is 0 Å². The van der Waals surface area contributed by atoms with Crippen LogP contribution in [0.4, 0.5) is 5.69 Å². The third-order valence-electron chi connectivity index (χ3n) is 5.41. The summed E-state index contributed by atoms with van der Waals surface area (Å²) >= 11 is 0. The second-order valence-electron chi connectivity index (χ2n) is 7.52. The molecule has 2 saturated heterocycles. The van der Waals surface area contributed by atoms with E-state index in [2.05, 4.69) is 10.2 Å². The van der Waals surface area contributed by atoms with Crippen molar-refractivity contribution >= 4 is 47.5 Å². The lowest BCUT2D eigenvalue weighted by Crippen LogP contribution is -2.48. The van der Waals surface area contributed by atoms with E-state index in [1.54, 1.807) is 0 Å². The number of nitrogens with one attached hydrogen (secondary N) is 1.